The van der Waals surface area contributed by atoms with Crippen LogP contribution in [0.3, 0.4) is 0 Å². The van der Waals surface area contributed by atoms with E-state index < -0.39 is 41.8 Å². The van der Waals surface area contributed by atoms with E-state index in [1.165, 1.54) is 0 Å². The smallest absolute Gasteiger partial charge is 0.411 e. The summed E-state index contributed by atoms with van der Waals surface area (Å²) in [6.07, 6.45) is -0.237. The molecule has 0 aliphatic carbocycles. The zero-order valence-electron chi connectivity index (χ0n) is 21.8. The van der Waals surface area contributed by atoms with Crippen LogP contribution in [0.1, 0.15) is 49.5 Å². The molecule has 0 N–H and O–H groups in total. The zero-order valence-corrected chi connectivity index (χ0v) is 21.8. The lowest BCUT2D eigenvalue weighted by molar-refractivity contribution is -0.179. The van der Waals surface area contributed by atoms with Crippen molar-refractivity contribution >= 4 is 18.0 Å². The fourth-order valence-electron chi connectivity index (χ4n) is 5.28. The molecule has 2 heterocycles. The Bertz CT molecular complexity index is 1290. The molecule has 3 aromatic rings. The van der Waals surface area contributed by atoms with Crippen LogP contribution >= 0.6 is 0 Å². The predicted octanol–water partition coefficient (Wildman–Crippen LogP) is 5.09. The number of β-lactam (4-membered cyclic amide) rings is 1. The number of hydrogen-bond acceptors (Lipinski definition) is 5. The molecule has 196 valence electrons. The normalized spacial score (nSPS) is 22.0. The summed E-state index contributed by atoms with van der Waals surface area (Å²) in [6, 6.07) is 26.1. The second-order valence-electron chi connectivity index (χ2n) is 10.7. The number of cyclic esters (lactones) is 1. The highest BCUT2D eigenvalue weighted by molar-refractivity contribution is 5.96. The van der Waals surface area contributed by atoms with Crippen molar-refractivity contribution in [2.45, 2.75) is 57.0 Å². The van der Waals surface area contributed by atoms with Crippen molar-refractivity contribution in [1.82, 2.24) is 9.80 Å². The van der Waals surface area contributed by atoms with Crippen molar-refractivity contribution in [3.8, 4) is 0 Å². The molecule has 7 heteroatoms. The molecule has 38 heavy (non-hydrogen) atoms. The first-order valence-electron chi connectivity index (χ1n) is 12.9. The van der Waals surface area contributed by atoms with Gasteiger partial charge < -0.3 is 14.4 Å². The van der Waals surface area contributed by atoms with Gasteiger partial charge in [0, 0.05) is 6.42 Å². The first-order chi connectivity index (χ1) is 18.2. The molecule has 0 spiro atoms. The predicted molar refractivity (Wildman–Crippen MR) is 142 cm³/mol. The largest absolute Gasteiger partial charge is 0.458 e. The van der Waals surface area contributed by atoms with Crippen molar-refractivity contribution in [2.24, 2.45) is 0 Å². The fourth-order valence-corrected chi connectivity index (χ4v) is 5.28. The lowest BCUT2D eigenvalue weighted by Crippen LogP contribution is -2.70. The third-order valence-corrected chi connectivity index (χ3v) is 6.93. The third kappa shape index (κ3) is 5.01. The van der Waals surface area contributed by atoms with Gasteiger partial charge in [-0.15, -0.1) is 0 Å². The molecule has 2 saturated heterocycles. The molecule has 4 atom stereocenters. The minimum absolute atomic E-state index is 0.160. The van der Waals surface area contributed by atoms with Crippen LogP contribution in [0.2, 0.25) is 0 Å². The van der Waals surface area contributed by atoms with Crippen molar-refractivity contribution in [3.05, 3.63) is 108 Å². The maximum Gasteiger partial charge on any atom is 0.411 e. The Balaban J connectivity index is 1.55. The first-order valence-corrected chi connectivity index (χ1v) is 12.9. The SMILES string of the molecule is CC(C)(C)OC(=O)[C@H](Cc1ccccc1)N1C(=O)[C@@H](N2C(=O)OC[C@@H]2c2ccccc2)[C@H]1c1ccccc1. The highest BCUT2D eigenvalue weighted by atomic mass is 16.6. The minimum Gasteiger partial charge on any atom is -0.458 e. The maximum absolute atomic E-state index is 14.0. The molecule has 5 rings (SSSR count). The molecule has 0 aromatic heterocycles. The Hall–Kier alpha value is -4.13. The van der Waals surface area contributed by atoms with E-state index in [-0.39, 0.29) is 12.5 Å². The van der Waals surface area contributed by atoms with Gasteiger partial charge in [-0.1, -0.05) is 91.0 Å². The van der Waals surface area contributed by atoms with Crippen LogP contribution in [-0.2, 0) is 25.5 Å². The van der Waals surface area contributed by atoms with Crippen molar-refractivity contribution in [2.75, 3.05) is 6.61 Å². The molecule has 2 aliphatic rings. The molecule has 7 nitrogen and oxygen atoms in total. The number of benzene rings is 3. The van der Waals surface area contributed by atoms with Gasteiger partial charge in [0.05, 0.1) is 12.1 Å². The molecule has 2 amide bonds. The summed E-state index contributed by atoms with van der Waals surface area (Å²) in [5.74, 6) is -0.775. The molecule has 0 bridgehead atoms. The number of rotatable bonds is 7. The van der Waals surface area contributed by atoms with Crippen LogP contribution in [0, 0.1) is 0 Å². The summed E-state index contributed by atoms with van der Waals surface area (Å²) in [7, 11) is 0. The number of carbonyl (C=O) groups excluding carboxylic acids is 3. The Labute approximate surface area is 223 Å². The van der Waals surface area contributed by atoms with Gasteiger partial charge in [-0.05, 0) is 37.5 Å². The lowest BCUT2D eigenvalue weighted by atomic mass is 9.83. The molecule has 0 radical (unpaired) electrons. The van der Waals surface area contributed by atoms with E-state index in [9.17, 15) is 14.4 Å². The Morgan fingerprint density at radius 2 is 1.42 bits per heavy atom. The highest BCUT2D eigenvalue weighted by Crippen LogP contribution is 2.45. The highest BCUT2D eigenvalue weighted by Gasteiger charge is 2.59. The second-order valence-corrected chi connectivity index (χ2v) is 10.7. The molecule has 0 unspecified atom stereocenters. The molecule has 2 aliphatic heterocycles. The number of carbonyl (C=O) groups is 3. The van der Waals surface area contributed by atoms with E-state index in [0.29, 0.717) is 6.42 Å². The molecular weight excluding hydrogens is 480 g/mol. The van der Waals surface area contributed by atoms with E-state index >= 15 is 0 Å². The van der Waals surface area contributed by atoms with E-state index in [2.05, 4.69) is 0 Å². The van der Waals surface area contributed by atoms with Crippen LogP contribution in [0.4, 0.5) is 4.79 Å². The van der Waals surface area contributed by atoms with Crippen molar-refractivity contribution in [3.63, 3.8) is 0 Å². The summed E-state index contributed by atoms with van der Waals surface area (Å²) < 4.78 is 11.2. The topological polar surface area (TPSA) is 76.2 Å². The van der Waals surface area contributed by atoms with Gasteiger partial charge in [0.1, 0.15) is 24.3 Å². The van der Waals surface area contributed by atoms with Crippen LogP contribution in [0.5, 0.6) is 0 Å². The quantitative estimate of drug-likeness (QED) is 0.326. The number of esters is 1. The zero-order chi connectivity index (χ0) is 26.9. The standard InChI is InChI=1S/C31H32N2O5/c1-31(2,3)38-29(35)24(19-21-13-7-4-8-14-21)32-26(23-17-11-6-12-18-23)27(28(32)34)33-25(20-37-30(33)36)22-15-9-5-10-16-22/h4-18,24-27H,19-20H2,1-3H3/t24-,25+,26+,27-/m0/s1. The minimum atomic E-state index is -0.862. The Morgan fingerprint density at radius 3 is 2.00 bits per heavy atom. The van der Waals surface area contributed by atoms with E-state index in [1.54, 1.807) is 9.80 Å². The second kappa shape index (κ2) is 10.3. The maximum atomic E-state index is 14.0. The monoisotopic (exact) mass is 512 g/mol. The van der Waals surface area contributed by atoms with Gasteiger partial charge >= 0.3 is 12.1 Å². The molecule has 0 saturated carbocycles. The molecule has 3 aromatic carbocycles. The van der Waals surface area contributed by atoms with Gasteiger partial charge in [-0.2, -0.15) is 0 Å². The Kier molecular flexibility index (Phi) is 6.93. The van der Waals surface area contributed by atoms with E-state index in [0.717, 1.165) is 16.7 Å². The van der Waals surface area contributed by atoms with Crippen LogP contribution in [-0.4, -0.2) is 52.1 Å². The number of hydrogen-bond donors (Lipinski definition) is 0. The molecular formula is C31H32N2O5. The third-order valence-electron chi connectivity index (χ3n) is 6.93. The average molecular weight is 513 g/mol. The van der Waals surface area contributed by atoms with Gasteiger partial charge in [-0.25, -0.2) is 9.59 Å². The van der Waals surface area contributed by atoms with Gasteiger partial charge in [0.25, 0.3) is 0 Å². The lowest BCUT2D eigenvalue weighted by Gasteiger charge is -2.53. The number of amides is 2. The summed E-state index contributed by atoms with van der Waals surface area (Å²) in [5, 5.41) is 0. The first kappa shape index (κ1) is 25.5. The fraction of sp³-hybridized carbons (Fsp3) is 0.323. The van der Waals surface area contributed by atoms with E-state index in [4.69, 9.17) is 9.47 Å². The van der Waals surface area contributed by atoms with Crippen LogP contribution in [0.25, 0.3) is 0 Å². The number of likely N-dealkylation sites (tertiary alicyclic amines) is 1. The van der Waals surface area contributed by atoms with Crippen molar-refractivity contribution < 1.29 is 23.9 Å². The molecule has 2 fully saturated rings. The van der Waals surface area contributed by atoms with Gasteiger partial charge in [0.15, 0.2) is 0 Å². The number of ether oxygens (including phenoxy) is 2. The summed E-state index contributed by atoms with van der Waals surface area (Å²) >= 11 is 0. The van der Waals surface area contributed by atoms with Crippen LogP contribution < -0.4 is 0 Å². The summed E-state index contributed by atoms with van der Waals surface area (Å²) in [5.41, 5.74) is 1.92. The summed E-state index contributed by atoms with van der Waals surface area (Å²) in [4.78, 5) is 43.8. The summed E-state index contributed by atoms with van der Waals surface area (Å²) in [6.45, 7) is 5.59. The Morgan fingerprint density at radius 1 is 0.868 bits per heavy atom. The number of nitrogens with zero attached hydrogens (tertiary/aromatic N) is 2. The van der Waals surface area contributed by atoms with Crippen LogP contribution in [0.15, 0.2) is 91.0 Å². The van der Waals surface area contributed by atoms with Crippen molar-refractivity contribution in [1.29, 1.82) is 0 Å². The van der Waals surface area contributed by atoms with Gasteiger partial charge in [0.2, 0.25) is 5.91 Å². The van der Waals surface area contributed by atoms with Gasteiger partial charge in [-0.3, -0.25) is 9.69 Å². The van der Waals surface area contributed by atoms with E-state index in [1.807, 2.05) is 112 Å². The average Bonchev–Trinajstić information content (AvgIpc) is 3.27.